The second kappa shape index (κ2) is 6.37. The van der Waals surface area contributed by atoms with Crippen molar-refractivity contribution in [2.75, 3.05) is 18.1 Å². The van der Waals surface area contributed by atoms with E-state index in [1.807, 2.05) is 6.92 Å². The molecule has 1 heterocycles. The minimum absolute atomic E-state index is 0.0461. The molecule has 0 aromatic heterocycles. The number of benzene rings is 1. The molecule has 2 rings (SSSR count). The monoisotopic (exact) mass is 297 g/mol. The maximum atomic E-state index is 11.0. The zero-order chi connectivity index (χ0) is 14.7. The van der Waals surface area contributed by atoms with Crippen molar-refractivity contribution in [2.45, 2.75) is 25.4 Å². The van der Waals surface area contributed by atoms with Crippen molar-refractivity contribution in [1.82, 2.24) is 4.90 Å². The van der Waals surface area contributed by atoms with Crippen LogP contribution < -0.4 is 0 Å². The Morgan fingerprint density at radius 1 is 1.45 bits per heavy atom. The number of nitrogens with zero attached hydrogens (tertiary/aromatic N) is 1. The molecule has 5 nitrogen and oxygen atoms in total. The van der Waals surface area contributed by atoms with E-state index < -0.39 is 5.97 Å². The molecule has 110 valence electrons. The molecule has 0 spiro atoms. The van der Waals surface area contributed by atoms with Gasteiger partial charge < -0.3 is 15.3 Å². The zero-order valence-corrected chi connectivity index (χ0v) is 12.1. The standard InChI is InChI=1S/C14H19NO4S/c1-9(14-11(16)3-2-4-12(14)17)15-5-6-20-8-10(15)7-13(18)19/h2-4,9-10,16-17H,5-8H2,1H3,(H,18,19). The first-order valence-corrected chi connectivity index (χ1v) is 7.72. The van der Waals surface area contributed by atoms with E-state index in [9.17, 15) is 15.0 Å². The van der Waals surface area contributed by atoms with Gasteiger partial charge in [-0.1, -0.05) is 6.07 Å². The molecule has 2 atom stereocenters. The van der Waals surface area contributed by atoms with Gasteiger partial charge in [0.2, 0.25) is 0 Å². The molecular weight excluding hydrogens is 278 g/mol. The number of aromatic hydroxyl groups is 2. The summed E-state index contributed by atoms with van der Waals surface area (Å²) in [5, 5.41) is 28.9. The Bertz CT molecular complexity index is 474. The number of hydrogen-bond acceptors (Lipinski definition) is 5. The molecule has 0 aliphatic carbocycles. The van der Waals surface area contributed by atoms with Crippen LogP contribution in [0.25, 0.3) is 0 Å². The summed E-state index contributed by atoms with van der Waals surface area (Å²) in [6.07, 6.45) is 0.0751. The predicted octanol–water partition coefficient (Wildman–Crippen LogP) is 2.05. The third kappa shape index (κ3) is 3.19. The largest absolute Gasteiger partial charge is 0.507 e. The lowest BCUT2D eigenvalue weighted by atomic mass is 10.0. The molecule has 1 aliphatic heterocycles. The first-order chi connectivity index (χ1) is 9.50. The van der Waals surface area contributed by atoms with Gasteiger partial charge in [-0.3, -0.25) is 9.69 Å². The third-order valence-corrected chi connectivity index (χ3v) is 4.75. The van der Waals surface area contributed by atoms with Crippen LogP contribution >= 0.6 is 11.8 Å². The fourth-order valence-electron chi connectivity index (χ4n) is 2.69. The first kappa shape index (κ1) is 15.0. The van der Waals surface area contributed by atoms with Gasteiger partial charge in [-0.15, -0.1) is 0 Å². The van der Waals surface area contributed by atoms with Crippen LogP contribution in [0, 0.1) is 0 Å². The van der Waals surface area contributed by atoms with Crippen LogP contribution in [0.1, 0.15) is 24.9 Å². The van der Waals surface area contributed by atoms with Crippen LogP contribution in [-0.4, -0.2) is 50.3 Å². The molecule has 20 heavy (non-hydrogen) atoms. The smallest absolute Gasteiger partial charge is 0.304 e. The van der Waals surface area contributed by atoms with Gasteiger partial charge in [-0.2, -0.15) is 11.8 Å². The number of hydrogen-bond donors (Lipinski definition) is 3. The SMILES string of the molecule is CC(c1c(O)cccc1O)N1CCSCC1CC(=O)O. The Hall–Kier alpha value is -1.40. The van der Waals surface area contributed by atoms with Crippen molar-refractivity contribution in [2.24, 2.45) is 0 Å². The number of carbonyl (C=O) groups is 1. The number of phenolic OH excluding ortho intramolecular Hbond substituents is 2. The van der Waals surface area contributed by atoms with E-state index in [0.717, 1.165) is 18.1 Å². The molecule has 1 aromatic carbocycles. The highest BCUT2D eigenvalue weighted by Gasteiger charge is 2.31. The van der Waals surface area contributed by atoms with E-state index in [1.54, 1.807) is 17.8 Å². The van der Waals surface area contributed by atoms with Crippen LogP contribution in [0.5, 0.6) is 11.5 Å². The highest BCUT2D eigenvalue weighted by molar-refractivity contribution is 7.99. The molecule has 0 saturated carbocycles. The van der Waals surface area contributed by atoms with Gasteiger partial charge in [0, 0.05) is 30.1 Å². The second-order valence-electron chi connectivity index (χ2n) is 4.95. The molecule has 1 fully saturated rings. The lowest BCUT2D eigenvalue weighted by molar-refractivity contribution is -0.138. The van der Waals surface area contributed by atoms with E-state index in [4.69, 9.17) is 5.11 Å². The van der Waals surface area contributed by atoms with Crippen LogP contribution in [0.4, 0.5) is 0 Å². The molecule has 3 N–H and O–H groups in total. The highest BCUT2D eigenvalue weighted by Crippen LogP contribution is 2.38. The molecule has 1 saturated heterocycles. The highest BCUT2D eigenvalue weighted by atomic mass is 32.2. The summed E-state index contributed by atoms with van der Waals surface area (Å²) in [6.45, 7) is 2.64. The third-order valence-electron chi connectivity index (χ3n) is 3.66. The Labute approximate surface area is 122 Å². The van der Waals surface area contributed by atoms with Gasteiger partial charge in [-0.25, -0.2) is 0 Å². The van der Waals surface area contributed by atoms with Crippen molar-refractivity contribution >= 4 is 17.7 Å². The van der Waals surface area contributed by atoms with Gasteiger partial charge >= 0.3 is 5.97 Å². The maximum absolute atomic E-state index is 11.0. The van der Waals surface area contributed by atoms with Crippen molar-refractivity contribution in [3.05, 3.63) is 23.8 Å². The number of carboxylic acid groups (broad SMARTS) is 1. The zero-order valence-electron chi connectivity index (χ0n) is 11.3. The summed E-state index contributed by atoms with van der Waals surface area (Å²) in [7, 11) is 0. The van der Waals surface area contributed by atoms with E-state index in [2.05, 4.69) is 4.90 Å². The molecular formula is C14H19NO4S. The number of aliphatic carboxylic acids is 1. The minimum Gasteiger partial charge on any atom is -0.507 e. The Kier molecular flexibility index (Phi) is 4.77. The molecule has 0 bridgehead atoms. The molecule has 0 amide bonds. The van der Waals surface area contributed by atoms with Crippen LogP contribution in [0.3, 0.4) is 0 Å². The molecule has 1 aliphatic rings. The Morgan fingerprint density at radius 2 is 2.10 bits per heavy atom. The summed E-state index contributed by atoms with van der Waals surface area (Å²) >= 11 is 1.74. The van der Waals surface area contributed by atoms with Gasteiger partial charge in [0.05, 0.1) is 12.0 Å². The summed E-state index contributed by atoms with van der Waals surface area (Å²) in [4.78, 5) is 13.0. The molecule has 1 aromatic rings. The summed E-state index contributed by atoms with van der Waals surface area (Å²) < 4.78 is 0. The second-order valence-corrected chi connectivity index (χ2v) is 6.10. The topological polar surface area (TPSA) is 81.0 Å². The summed E-state index contributed by atoms with van der Waals surface area (Å²) in [5.41, 5.74) is 0.467. The Balaban J connectivity index is 2.25. The normalized spacial score (nSPS) is 21.6. The van der Waals surface area contributed by atoms with E-state index in [-0.39, 0.29) is 30.0 Å². The summed E-state index contributed by atoms with van der Waals surface area (Å²) in [6, 6.07) is 4.36. The van der Waals surface area contributed by atoms with Crippen molar-refractivity contribution in [3.8, 4) is 11.5 Å². The molecule has 0 radical (unpaired) electrons. The minimum atomic E-state index is -0.823. The number of carboxylic acids is 1. The van der Waals surface area contributed by atoms with Crippen LogP contribution in [0.15, 0.2) is 18.2 Å². The van der Waals surface area contributed by atoms with Crippen molar-refractivity contribution in [3.63, 3.8) is 0 Å². The average molecular weight is 297 g/mol. The van der Waals surface area contributed by atoms with Gasteiger partial charge in [-0.05, 0) is 19.1 Å². The van der Waals surface area contributed by atoms with E-state index >= 15 is 0 Å². The van der Waals surface area contributed by atoms with Crippen molar-refractivity contribution in [1.29, 1.82) is 0 Å². The Morgan fingerprint density at radius 3 is 2.70 bits per heavy atom. The van der Waals surface area contributed by atoms with Crippen LogP contribution in [0.2, 0.25) is 0 Å². The molecule has 6 heteroatoms. The lowest BCUT2D eigenvalue weighted by Gasteiger charge is -2.39. The van der Waals surface area contributed by atoms with Crippen molar-refractivity contribution < 1.29 is 20.1 Å². The van der Waals surface area contributed by atoms with E-state index in [1.165, 1.54) is 12.1 Å². The van der Waals surface area contributed by atoms with E-state index in [0.29, 0.717) is 5.56 Å². The molecule has 2 unspecified atom stereocenters. The maximum Gasteiger partial charge on any atom is 0.304 e. The van der Waals surface area contributed by atoms with Gasteiger partial charge in [0.25, 0.3) is 0 Å². The number of phenols is 2. The number of thioether (sulfide) groups is 1. The number of rotatable bonds is 4. The van der Waals surface area contributed by atoms with Gasteiger partial charge in [0.15, 0.2) is 0 Å². The first-order valence-electron chi connectivity index (χ1n) is 6.57. The average Bonchev–Trinajstić information content (AvgIpc) is 2.38. The quantitative estimate of drug-likeness (QED) is 0.789. The predicted molar refractivity (Wildman–Crippen MR) is 78.3 cm³/mol. The summed E-state index contributed by atoms with van der Waals surface area (Å²) in [5.74, 6) is 0.950. The van der Waals surface area contributed by atoms with Crippen LogP contribution in [-0.2, 0) is 4.79 Å². The fraction of sp³-hybridized carbons (Fsp3) is 0.500. The fourth-order valence-corrected chi connectivity index (χ4v) is 3.78. The lowest BCUT2D eigenvalue weighted by Crippen LogP contribution is -2.44. The van der Waals surface area contributed by atoms with Gasteiger partial charge in [0.1, 0.15) is 11.5 Å².